The first-order valence-electron chi connectivity index (χ1n) is 10.4. The number of aromatic hydroxyl groups is 1. The van der Waals surface area contributed by atoms with Gasteiger partial charge in [-0.1, -0.05) is 30.3 Å². The number of para-hydroxylation sites is 1. The molecule has 1 aliphatic rings. The van der Waals surface area contributed by atoms with Gasteiger partial charge >= 0.3 is 5.97 Å². The highest BCUT2D eigenvalue weighted by atomic mass is 16.4. The molecule has 33 heavy (non-hydrogen) atoms. The van der Waals surface area contributed by atoms with Gasteiger partial charge in [0.2, 0.25) is 0 Å². The van der Waals surface area contributed by atoms with Crippen LogP contribution in [0.15, 0.2) is 65.8 Å². The summed E-state index contributed by atoms with van der Waals surface area (Å²) in [6.07, 6.45) is 0. The molecule has 8 nitrogen and oxygen atoms in total. The van der Waals surface area contributed by atoms with Gasteiger partial charge in [-0.3, -0.25) is 20.7 Å². The number of nitrogens with one attached hydrogen (secondary N) is 2. The van der Waals surface area contributed by atoms with E-state index >= 15 is 0 Å². The van der Waals surface area contributed by atoms with Crippen LogP contribution in [0.4, 0.5) is 11.4 Å². The molecule has 0 aromatic heterocycles. The van der Waals surface area contributed by atoms with Crippen molar-refractivity contribution < 1.29 is 19.8 Å². The van der Waals surface area contributed by atoms with Gasteiger partial charge in [0.25, 0.3) is 5.91 Å². The van der Waals surface area contributed by atoms with E-state index in [-0.39, 0.29) is 29.0 Å². The SMILES string of the molecule is Cc1ccc(N2NC(=O)/C(=N\Nc3cccc(-c4cccc(C(=O)O)c4)c3O)[C@H]2C)cc1C. The Labute approximate surface area is 191 Å². The number of anilines is 2. The first-order chi connectivity index (χ1) is 15.8. The summed E-state index contributed by atoms with van der Waals surface area (Å²) < 4.78 is 0. The maximum atomic E-state index is 12.6. The van der Waals surface area contributed by atoms with Gasteiger partial charge in [0.05, 0.1) is 23.0 Å². The van der Waals surface area contributed by atoms with Gasteiger partial charge in [-0.25, -0.2) is 4.79 Å². The second-order valence-electron chi connectivity index (χ2n) is 7.95. The largest absolute Gasteiger partial charge is 0.505 e. The van der Waals surface area contributed by atoms with Crippen molar-refractivity contribution in [3.63, 3.8) is 0 Å². The molecule has 1 atom stereocenters. The van der Waals surface area contributed by atoms with Crippen molar-refractivity contribution in [3.05, 3.63) is 77.4 Å². The van der Waals surface area contributed by atoms with Gasteiger partial charge in [0.1, 0.15) is 5.75 Å². The number of carbonyl (C=O) groups excluding carboxylic acids is 1. The third kappa shape index (κ3) is 4.23. The van der Waals surface area contributed by atoms with E-state index in [0.29, 0.717) is 16.8 Å². The van der Waals surface area contributed by atoms with Crippen molar-refractivity contribution in [2.45, 2.75) is 26.8 Å². The van der Waals surface area contributed by atoms with Gasteiger partial charge in [-0.05, 0) is 67.8 Å². The number of hydrogen-bond acceptors (Lipinski definition) is 6. The predicted molar refractivity (Wildman–Crippen MR) is 128 cm³/mol. The number of nitrogens with zero attached hydrogens (tertiary/aromatic N) is 2. The number of rotatable bonds is 5. The van der Waals surface area contributed by atoms with Crippen LogP contribution in [-0.4, -0.2) is 33.8 Å². The van der Waals surface area contributed by atoms with Crippen LogP contribution in [-0.2, 0) is 4.79 Å². The third-order valence-corrected chi connectivity index (χ3v) is 5.76. The van der Waals surface area contributed by atoms with Crippen LogP contribution in [0, 0.1) is 13.8 Å². The minimum Gasteiger partial charge on any atom is -0.505 e. The Kier molecular flexibility index (Phi) is 5.74. The van der Waals surface area contributed by atoms with Crippen LogP contribution in [0.25, 0.3) is 11.1 Å². The molecule has 4 rings (SSSR count). The fraction of sp³-hybridized carbons (Fsp3) is 0.160. The monoisotopic (exact) mass is 444 g/mol. The molecular weight excluding hydrogens is 420 g/mol. The molecule has 3 aromatic carbocycles. The molecule has 0 aliphatic carbocycles. The molecule has 0 radical (unpaired) electrons. The smallest absolute Gasteiger partial charge is 0.335 e. The molecule has 1 saturated heterocycles. The minimum absolute atomic E-state index is 0.0959. The van der Waals surface area contributed by atoms with Crippen LogP contribution in [0.3, 0.4) is 0 Å². The fourth-order valence-corrected chi connectivity index (χ4v) is 3.69. The van der Waals surface area contributed by atoms with Crippen LogP contribution in [0.5, 0.6) is 5.75 Å². The summed E-state index contributed by atoms with van der Waals surface area (Å²) in [5.74, 6) is -1.48. The van der Waals surface area contributed by atoms with E-state index in [4.69, 9.17) is 0 Å². The van der Waals surface area contributed by atoms with E-state index in [0.717, 1.165) is 16.8 Å². The lowest BCUT2D eigenvalue weighted by Crippen LogP contribution is -2.37. The van der Waals surface area contributed by atoms with E-state index in [1.165, 1.54) is 12.1 Å². The number of hydrazine groups is 1. The van der Waals surface area contributed by atoms with E-state index in [1.54, 1.807) is 35.3 Å². The zero-order valence-electron chi connectivity index (χ0n) is 18.5. The first-order valence-corrected chi connectivity index (χ1v) is 10.4. The Morgan fingerprint density at radius 3 is 2.55 bits per heavy atom. The van der Waals surface area contributed by atoms with Crippen molar-refractivity contribution in [2.75, 3.05) is 10.4 Å². The number of phenolic OH excluding ortho intramolecular Hbond substituents is 1. The number of phenols is 1. The fourth-order valence-electron chi connectivity index (χ4n) is 3.69. The van der Waals surface area contributed by atoms with Crippen molar-refractivity contribution in [2.24, 2.45) is 5.10 Å². The van der Waals surface area contributed by atoms with Crippen molar-refractivity contribution in [1.82, 2.24) is 5.43 Å². The predicted octanol–water partition coefficient (Wildman–Crippen LogP) is 4.08. The second-order valence-corrected chi connectivity index (χ2v) is 7.95. The number of carboxylic acid groups (broad SMARTS) is 1. The number of carbonyl (C=O) groups is 2. The summed E-state index contributed by atoms with van der Waals surface area (Å²) in [6, 6.07) is 16.9. The lowest BCUT2D eigenvalue weighted by atomic mass is 10.0. The zero-order valence-corrected chi connectivity index (χ0v) is 18.5. The van der Waals surface area contributed by atoms with Crippen molar-refractivity contribution in [1.29, 1.82) is 0 Å². The topological polar surface area (TPSA) is 114 Å². The Bertz CT molecular complexity index is 1290. The molecule has 8 heteroatoms. The minimum atomic E-state index is -1.05. The van der Waals surface area contributed by atoms with Crippen LogP contribution in [0.2, 0.25) is 0 Å². The number of hydrogen-bond donors (Lipinski definition) is 4. The molecule has 0 bridgehead atoms. The molecule has 0 spiro atoms. The van der Waals surface area contributed by atoms with Gasteiger partial charge < -0.3 is 10.2 Å². The maximum absolute atomic E-state index is 12.6. The zero-order chi connectivity index (χ0) is 23.7. The third-order valence-electron chi connectivity index (χ3n) is 5.76. The average Bonchev–Trinajstić information content (AvgIpc) is 3.08. The lowest BCUT2D eigenvalue weighted by Gasteiger charge is -2.22. The summed E-state index contributed by atoms with van der Waals surface area (Å²) in [7, 11) is 0. The standard InChI is InChI=1S/C25H24N4O4/c1-14-10-11-19(12-15(14)2)29-16(3)22(24(31)28-29)27-26-21-9-5-8-20(23(21)30)17-6-4-7-18(13-17)25(32)33/h4-13,16,26,30H,1-3H3,(H,28,31)(H,32,33)/b27-22-/t16-/m1/s1. The molecule has 1 aliphatic heterocycles. The Hall–Kier alpha value is -4.33. The lowest BCUT2D eigenvalue weighted by molar-refractivity contribution is -0.114. The summed E-state index contributed by atoms with van der Waals surface area (Å²) in [4.78, 5) is 23.9. The Morgan fingerprint density at radius 2 is 1.82 bits per heavy atom. The number of carboxylic acids is 1. The molecule has 1 heterocycles. The van der Waals surface area contributed by atoms with Gasteiger partial charge in [-0.15, -0.1) is 0 Å². The number of hydrazone groups is 1. The summed E-state index contributed by atoms with van der Waals surface area (Å²) in [5.41, 5.74) is 10.4. The highest BCUT2D eigenvalue weighted by Crippen LogP contribution is 2.36. The highest BCUT2D eigenvalue weighted by Gasteiger charge is 2.34. The maximum Gasteiger partial charge on any atom is 0.335 e. The van der Waals surface area contributed by atoms with E-state index in [2.05, 4.69) is 16.0 Å². The number of aromatic carboxylic acids is 1. The van der Waals surface area contributed by atoms with Gasteiger partial charge in [-0.2, -0.15) is 5.10 Å². The second kappa shape index (κ2) is 8.66. The van der Waals surface area contributed by atoms with Crippen molar-refractivity contribution in [3.8, 4) is 16.9 Å². The number of amides is 1. The number of benzene rings is 3. The molecule has 1 fully saturated rings. The average molecular weight is 444 g/mol. The van der Waals surface area contributed by atoms with E-state index < -0.39 is 5.97 Å². The summed E-state index contributed by atoms with van der Waals surface area (Å²) in [5, 5.41) is 26.0. The molecular formula is C25H24N4O4. The Balaban J connectivity index is 1.60. The van der Waals surface area contributed by atoms with Crippen LogP contribution >= 0.6 is 0 Å². The normalized spacial score (nSPS) is 16.7. The van der Waals surface area contributed by atoms with Crippen LogP contribution < -0.4 is 15.9 Å². The molecule has 3 aromatic rings. The molecule has 168 valence electrons. The molecule has 0 unspecified atom stereocenters. The van der Waals surface area contributed by atoms with E-state index in [1.807, 2.05) is 39.0 Å². The van der Waals surface area contributed by atoms with Crippen LogP contribution in [0.1, 0.15) is 28.4 Å². The highest BCUT2D eigenvalue weighted by molar-refractivity contribution is 6.44. The first kappa shape index (κ1) is 21.9. The molecule has 0 saturated carbocycles. The number of aryl methyl sites for hydroxylation is 2. The van der Waals surface area contributed by atoms with Gasteiger partial charge in [0, 0.05) is 5.56 Å². The molecule has 1 amide bonds. The summed E-state index contributed by atoms with van der Waals surface area (Å²) in [6.45, 7) is 5.90. The quantitative estimate of drug-likeness (QED) is 0.348. The molecule has 4 N–H and O–H groups in total. The summed E-state index contributed by atoms with van der Waals surface area (Å²) >= 11 is 0. The Morgan fingerprint density at radius 1 is 1.06 bits per heavy atom. The van der Waals surface area contributed by atoms with Crippen molar-refractivity contribution >= 4 is 29.0 Å². The van der Waals surface area contributed by atoms with Gasteiger partial charge in [0.15, 0.2) is 5.71 Å². The van der Waals surface area contributed by atoms with E-state index in [9.17, 15) is 19.8 Å².